The van der Waals surface area contributed by atoms with Gasteiger partial charge in [-0.05, 0) is 44.1 Å². The quantitative estimate of drug-likeness (QED) is 0.832. The Labute approximate surface area is 120 Å². The second-order valence-electron chi connectivity index (χ2n) is 5.95. The summed E-state index contributed by atoms with van der Waals surface area (Å²) in [7, 11) is 2.13. The Morgan fingerprint density at radius 1 is 1.35 bits per heavy atom. The highest BCUT2D eigenvalue weighted by molar-refractivity contribution is 5.96. The number of amides is 1. The summed E-state index contributed by atoms with van der Waals surface area (Å²) < 4.78 is 0. The monoisotopic (exact) mass is 273 g/mol. The topological polar surface area (TPSA) is 35.6 Å². The highest BCUT2D eigenvalue weighted by Crippen LogP contribution is 2.21. The molecule has 1 aromatic carbocycles. The minimum absolute atomic E-state index is 0.212. The van der Waals surface area contributed by atoms with E-state index in [1.54, 1.807) is 0 Å². The summed E-state index contributed by atoms with van der Waals surface area (Å²) in [5.41, 5.74) is 3.45. The molecule has 0 bridgehead atoms. The normalized spacial score (nSPS) is 23.5. The summed E-state index contributed by atoms with van der Waals surface area (Å²) in [6.07, 6.45) is 0.959. The van der Waals surface area contributed by atoms with Crippen molar-refractivity contribution in [3.63, 3.8) is 0 Å². The van der Waals surface area contributed by atoms with E-state index in [1.807, 2.05) is 17.0 Å². The van der Waals surface area contributed by atoms with Gasteiger partial charge in [-0.15, -0.1) is 0 Å². The first-order valence-electron chi connectivity index (χ1n) is 7.48. The van der Waals surface area contributed by atoms with E-state index in [4.69, 9.17) is 0 Å². The van der Waals surface area contributed by atoms with Crippen molar-refractivity contribution in [2.24, 2.45) is 0 Å². The number of hydrogen-bond donors (Lipinski definition) is 1. The lowest BCUT2D eigenvalue weighted by Crippen LogP contribution is -2.52. The molecular weight excluding hydrogens is 250 g/mol. The molecule has 0 aromatic heterocycles. The molecule has 0 saturated carbocycles. The van der Waals surface area contributed by atoms with Crippen LogP contribution < -0.4 is 5.32 Å². The van der Waals surface area contributed by atoms with Gasteiger partial charge in [0, 0.05) is 37.8 Å². The minimum atomic E-state index is 0.212. The highest BCUT2D eigenvalue weighted by atomic mass is 16.2. The lowest BCUT2D eigenvalue weighted by atomic mass is 9.94. The number of hydrogen-bond acceptors (Lipinski definition) is 3. The summed E-state index contributed by atoms with van der Waals surface area (Å²) >= 11 is 0. The maximum Gasteiger partial charge on any atom is 0.254 e. The van der Waals surface area contributed by atoms with E-state index < -0.39 is 0 Å². The number of benzene rings is 1. The number of nitrogens with zero attached hydrogens (tertiary/aromatic N) is 2. The van der Waals surface area contributed by atoms with E-state index in [9.17, 15) is 4.79 Å². The molecular formula is C16H23N3O. The zero-order valence-corrected chi connectivity index (χ0v) is 12.4. The molecule has 2 aliphatic heterocycles. The standard InChI is InChI=1S/C16H23N3O/c1-12-11-19(9-8-18(12)2)16(20)15-5-3-4-13-10-17-7-6-14(13)15/h3-5,12,17H,6-11H2,1-2H3. The minimum Gasteiger partial charge on any atom is -0.336 e. The molecule has 2 heterocycles. The molecule has 1 aromatic rings. The average molecular weight is 273 g/mol. The maximum absolute atomic E-state index is 12.8. The van der Waals surface area contributed by atoms with Crippen molar-refractivity contribution in [2.75, 3.05) is 33.2 Å². The van der Waals surface area contributed by atoms with Gasteiger partial charge >= 0.3 is 0 Å². The number of piperazine rings is 1. The smallest absolute Gasteiger partial charge is 0.254 e. The van der Waals surface area contributed by atoms with E-state index in [2.05, 4.69) is 30.3 Å². The maximum atomic E-state index is 12.8. The van der Waals surface area contributed by atoms with E-state index >= 15 is 0 Å². The Morgan fingerprint density at radius 2 is 2.20 bits per heavy atom. The first kappa shape index (κ1) is 13.6. The van der Waals surface area contributed by atoms with Crippen molar-refractivity contribution < 1.29 is 4.79 Å². The van der Waals surface area contributed by atoms with Crippen molar-refractivity contribution in [1.29, 1.82) is 0 Å². The van der Waals surface area contributed by atoms with E-state index in [1.165, 1.54) is 11.1 Å². The van der Waals surface area contributed by atoms with E-state index in [-0.39, 0.29) is 5.91 Å². The van der Waals surface area contributed by atoms with Crippen LogP contribution in [0.15, 0.2) is 18.2 Å². The van der Waals surface area contributed by atoms with Gasteiger partial charge in [-0.25, -0.2) is 0 Å². The van der Waals surface area contributed by atoms with Crippen LogP contribution in [-0.4, -0.2) is 55.0 Å². The number of rotatable bonds is 1. The van der Waals surface area contributed by atoms with E-state index in [0.717, 1.165) is 44.7 Å². The van der Waals surface area contributed by atoms with Gasteiger partial charge in [0.05, 0.1) is 0 Å². The van der Waals surface area contributed by atoms with Gasteiger partial charge in [-0.3, -0.25) is 4.79 Å². The zero-order chi connectivity index (χ0) is 14.1. The Morgan fingerprint density at radius 3 is 3.00 bits per heavy atom. The van der Waals surface area contributed by atoms with Crippen molar-refractivity contribution in [3.05, 3.63) is 34.9 Å². The van der Waals surface area contributed by atoms with Gasteiger partial charge in [-0.1, -0.05) is 12.1 Å². The molecule has 4 nitrogen and oxygen atoms in total. The molecule has 1 saturated heterocycles. The fourth-order valence-electron chi connectivity index (χ4n) is 3.14. The lowest BCUT2D eigenvalue weighted by molar-refractivity contribution is 0.0571. The molecule has 1 atom stereocenters. The summed E-state index contributed by atoms with van der Waals surface area (Å²) in [5, 5.41) is 3.37. The molecule has 0 spiro atoms. The van der Waals surface area contributed by atoms with Crippen LogP contribution in [0.3, 0.4) is 0 Å². The van der Waals surface area contributed by atoms with Gasteiger partial charge in [0.25, 0.3) is 5.91 Å². The van der Waals surface area contributed by atoms with Crippen LogP contribution in [0.4, 0.5) is 0 Å². The summed E-state index contributed by atoms with van der Waals surface area (Å²) in [4.78, 5) is 17.1. The van der Waals surface area contributed by atoms with Crippen LogP contribution in [0, 0.1) is 0 Å². The van der Waals surface area contributed by atoms with Crippen molar-refractivity contribution in [1.82, 2.24) is 15.1 Å². The highest BCUT2D eigenvalue weighted by Gasteiger charge is 2.27. The van der Waals surface area contributed by atoms with Crippen LogP contribution in [0.5, 0.6) is 0 Å². The van der Waals surface area contributed by atoms with Crippen LogP contribution in [-0.2, 0) is 13.0 Å². The van der Waals surface area contributed by atoms with Gasteiger partial charge in [0.1, 0.15) is 0 Å². The molecule has 0 radical (unpaired) electrons. The molecule has 1 fully saturated rings. The van der Waals surface area contributed by atoms with Gasteiger partial charge < -0.3 is 15.1 Å². The molecule has 4 heteroatoms. The number of fused-ring (bicyclic) bond motifs is 1. The molecule has 3 rings (SSSR count). The third-order valence-electron chi connectivity index (χ3n) is 4.62. The predicted octanol–water partition coefficient (Wildman–Crippen LogP) is 1.11. The van der Waals surface area contributed by atoms with Gasteiger partial charge in [0.2, 0.25) is 0 Å². The second-order valence-corrected chi connectivity index (χ2v) is 5.95. The Balaban J connectivity index is 1.84. The van der Waals surface area contributed by atoms with Crippen molar-refractivity contribution in [3.8, 4) is 0 Å². The largest absolute Gasteiger partial charge is 0.336 e. The number of carbonyl (C=O) groups is 1. The molecule has 1 amide bonds. The Hall–Kier alpha value is -1.39. The summed E-state index contributed by atoms with van der Waals surface area (Å²) in [5.74, 6) is 0.212. The fraction of sp³-hybridized carbons (Fsp3) is 0.562. The van der Waals surface area contributed by atoms with Crippen LogP contribution in [0.2, 0.25) is 0 Å². The van der Waals surface area contributed by atoms with E-state index in [0.29, 0.717) is 6.04 Å². The summed E-state index contributed by atoms with van der Waals surface area (Å²) in [6, 6.07) is 6.58. The summed E-state index contributed by atoms with van der Waals surface area (Å²) in [6.45, 7) is 6.66. The molecule has 1 unspecified atom stereocenters. The average Bonchev–Trinajstić information content (AvgIpc) is 2.49. The second kappa shape index (κ2) is 5.54. The Bertz CT molecular complexity index is 514. The SMILES string of the molecule is CC1CN(C(=O)c2cccc3c2CCNC3)CCN1C. The molecule has 20 heavy (non-hydrogen) atoms. The molecule has 2 aliphatic rings. The Kier molecular flexibility index (Phi) is 3.76. The van der Waals surface area contributed by atoms with Gasteiger partial charge in [0.15, 0.2) is 0 Å². The third kappa shape index (κ3) is 2.45. The predicted molar refractivity (Wildman–Crippen MR) is 79.8 cm³/mol. The van der Waals surface area contributed by atoms with Crippen molar-refractivity contribution >= 4 is 5.91 Å². The van der Waals surface area contributed by atoms with Crippen LogP contribution in [0.1, 0.15) is 28.4 Å². The zero-order valence-electron chi connectivity index (χ0n) is 12.4. The van der Waals surface area contributed by atoms with Crippen LogP contribution >= 0.6 is 0 Å². The first-order chi connectivity index (χ1) is 9.66. The first-order valence-corrected chi connectivity index (χ1v) is 7.48. The fourth-order valence-corrected chi connectivity index (χ4v) is 3.14. The third-order valence-corrected chi connectivity index (χ3v) is 4.62. The van der Waals surface area contributed by atoms with Crippen LogP contribution in [0.25, 0.3) is 0 Å². The van der Waals surface area contributed by atoms with Crippen molar-refractivity contribution in [2.45, 2.75) is 25.9 Å². The molecule has 1 N–H and O–H groups in total. The number of nitrogens with one attached hydrogen (secondary N) is 1. The number of likely N-dealkylation sites (N-methyl/N-ethyl adjacent to an activating group) is 1. The van der Waals surface area contributed by atoms with Gasteiger partial charge in [-0.2, -0.15) is 0 Å². The number of carbonyl (C=O) groups excluding carboxylic acids is 1. The molecule has 108 valence electrons. The lowest BCUT2D eigenvalue weighted by Gasteiger charge is -2.38. The molecule has 0 aliphatic carbocycles.